The number of aryl methyl sites for hydroxylation is 1. The Labute approximate surface area is 118 Å². The van der Waals surface area contributed by atoms with Gasteiger partial charge in [-0.1, -0.05) is 0 Å². The van der Waals surface area contributed by atoms with Crippen molar-refractivity contribution in [3.05, 3.63) is 41.5 Å². The monoisotopic (exact) mass is 277 g/mol. The third-order valence-corrected chi connectivity index (χ3v) is 3.82. The highest BCUT2D eigenvalue weighted by molar-refractivity contribution is 7.98. The summed E-state index contributed by atoms with van der Waals surface area (Å²) in [5, 5.41) is 4.35. The fourth-order valence-electron chi connectivity index (χ4n) is 2.29. The van der Waals surface area contributed by atoms with Crippen molar-refractivity contribution >= 4 is 11.8 Å². The Bertz CT molecular complexity index is 540. The first-order valence-corrected chi connectivity index (χ1v) is 7.56. The lowest BCUT2D eigenvalue weighted by atomic mass is 10.1. The third-order valence-electron chi connectivity index (χ3n) is 3.17. The van der Waals surface area contributed by atoms with Crippen molar-refractivity contribution in [3.63, 3.8) is 0 Å². The zero-order valence-electron chi connectivity index (χ0n) is 11.8. The minimum atomic E-state index is 0.138. The van der Waals surface area contributed by atoms with Crippen LogP contribution < -0.4 is 4.74 Å². The first-order valence-electron chi connectivity index (χ1n) is 6.17. The van der Waals surface area contributed by atoms with Gasteiger partial charge in [0.05, 0.1) is 12.8 Å². The number of pyridine rings is 1. The van der Waals surface area contributed by atoms with Crippen molar-refractivity contribution in [2.45, 2.75) is 19.9 Å². The maximum absolute atomic E-state index is 5.49. The van der Waals surface area contributed by atoms with Crippen LogP contribution in [0.25, 0.3) is 0 Å². The van der Waals surface area contributed by atoms with Crippen LogP contribution in [0.15, 0.2) is 24.7 Å². The molecule has 2 heterocycles. The molecule has 1 unspecified atom stereocenters. The van der Waals surface area contributed by atoms with Crippen LogP contribution in [0.3, 0.4) is 0 Å². The summed E-state index contributed by atoms with van der Waals surface area (Å²) in [6.07, 6.45) is 7.75. The predicted octanol–water partition coefficient (Wildman–Crippen LogP) is 2.86. The summed E-state index contributed by atoms with van der Waals surface area (Å²) < 4.78 is 7.44. The molecule has 4 nitrogen and oxygen atoms in total. The van der Waals surface area contributed by atoms with E-state index < -0.39 is 0 Å². The number of aromatic nitrogens is 3. The van der Waals surface area contributed by atoms with E-state index in [4.69, 9.17) is 4.74 Å². The van der Waals surface area contributed by atoms with E-state index in [-0.39, 0.29) is 6.04 Å². The van der Waals surface area contributed by atoms with E-state index in [1.807, 2.05) is 30.1 Å². The largest absolute Gasteiger partial charge is 0.496 e. The Balaban J connectivity index is 2.48. The van der Waals surface area contributed by atoms with Crippen LogP contribution in [0.4, 0.5) is 0 Å². The molecule has 0 aliphatic heterocycles. The van der Waals surface area contributed by atoms with Crippen molar-refractivity contribution < 1.29 is 4.74 Å². The van der Waals surface area contributed by atoms with Crippen molar-refractivity contribution in [2.24, 2.45) is 0 Å². The molecule has 5 heteroatoms. The van der Waals surface area contributed by atoms with Gasteiger partial charge in [0.25, 0.3) is 0 Å². The number of hydrogen-bond donors (Lipinski definition) is 0. The second kappa shape index (κ2) is 6.10. The van der Waals surface area contributed by atoms with Gasteiger partial charge in [-0.05, 0) is 26.2 Å². The first kappa shape index (κ1) is 13.9. The Hall–Kier alpha value is -1.49. The lowest BCUT2D eigenvalue weighted by molar-refractivity contribution is 0.405. The van der Waals surface area contributed by atoms with E-state index in [2.05, 4.69) is 23.3 Å². The van der Waals surface area contributed by atoms with Gasteiger partial charge >= 0.3 is 0 Å². The van der Waals surface area contributed by atoms with Crippen LogP contribution in [-0.4, -0.2) is 33.9 Å². The molecule has 0 saturated carbocycles. The molecular weight excluding hydrogens is 258 g/mol. The molecule has 0 radical (unpaired) electrons. The Morgan fingerprint density at radius 3 is 2.79 bits per heavy atom. The minimum absolute atomic E-state index is 0.138. The molecule has 0 N–H and O–H groups in total. The highest BCUT2D eigenvalue weighted by atomic mass is 32.2. The molecule has 2 rings (SSSR count). The molecule has 0 spiro atoms. The molecule has 0 bridgehead atoms. The van der Waals surface area contributed by atoms with Crippen LogP contribution in [0.5, 0.6) is 5.75 Å². The summed E-state index contributed by atoms with van der Waals surface area (Å²) in [5.74, 6) is 1.85. The molecular formula is C14H19N3OS. The van der Waals surface area contributed by atoms with Crippen LogP contribution in [0.2, 0.25) is 0 Å². The van der Waals surface area contributed by atoms with Crippen molar-refractivity contribution in [1.29, 1.82) is 0 Å². The predicted molar refractivity (Wildman–Crippen MR) is 79.0 cm³/mol. The Morgan fingerprint density at radius 1 is 1.42 bits per heavy atom. The fraction of sp³-hybridized carbons (Fsp3) is 0.429. The van der Waals surface area contributed by atoms with E-state index >= 15 is 0 Å². The molecule has 0 amide bonds. The molecule has 0 saturated heterocycles. The number of nitrogens with zero attached hydrogens (tertiary/aromatic N) is 3. The molecule has 0 aliphatic carbocycles. The van der Waals surface area contributed by atoms with Crippen molar-refractivity contribution in [2.75, 3.05) is 19.1 Å². The van der Waals surface area contributed by atoms with Crippen LogP contribution in [-0.2, 0) is 0 Å². The summed E-state index contributed by atoms with van der Waals surface area (Å²) in [5.41, 5.74) is 3.18. The molecule has 102 valence electrons. The smallest absolute Gasteiger partial charge is 0.128 e. The average Bonchev–Trinajstić information content (AvgIpc) is 2.91. The Kier molecular flexibility index (Phi) is 4.47. The fourth-order valence-corrected chi connectivity index (χ4v) is 2.91. The van der Waals surface area contributed by atoms with E-state index in [0.29, 0.717) is 0 Å². The topological polar surface area (TPSA) is 39.9 Å². The highest BCUT2D eigenvalue weighted by Gasteiger charge is 2.20. The Morgan fingerprint density at radius 2 is 2.21 bits per heavy atom. The summed E-state index contributed by atoms with van der Waals surface area (Å²) in [6, 6.07) is 2.08. The number of thioether (sulfide) groups is 1. The first-order chi connectivity index (χ1) is 9.19. The maximum Gasteiger partial charge on any atom is 0.128 e. The zero-order chi connectivity index (χ0) is 13.8. The second-order valence-corrected chi connectivity index (χ2v) is 5.35. The second-order valence-electron chi connectivity index (χ2n) is 4.44. The molecule has 2 aromatic rings. The van der Waals surface area contributed by atoms with Gasteiger partial charge in [0.2, 0.25) is 0 Å². The average molecular weight is 277 g/mol. The van der Waals surface area contributed by atoms with E-state index in [1.54, 1.807) is 25.1 Å². The van der Waals surface area contributed by atoms with Gasteiger partial charge in [-0.15, -0.1) is 0 Å². The SMILES string of the molecule is COc1c(C)cnc(C(CSC)n2cccn2)c1C. The number of methoxy groups -OCH3 is 1. The normalized spacial score (nSPS) is 12.4. The summed E-state index contributed by atoms with van der Waals surface area (Å²) >= 11 is 1.79. The van der Waals surface area contributed by atoms with Crippen LogP contribution >= 0.6 is 11.8 Å². The lowest BCUT2D eigenvalue weighted by Gasteiger charge is -2.20. The molecule has 0 fully saturated rings. The van der Waals surface area contributed by atoms with E-state index in [1.165, 1.54) is 0 Å². The molecule has 1 atom stereocenters. The molecule has 0 aromatic carbocycles. The lowest BCUT2D eigenvalue weighted by Crippen LogP contribution is -2.17. The molecule has 0 aliphatic rings. The summed E-state index contributed by atoms with van der Waals surface area (Å²) in [4.78, 5) is 4.61. The van der Waals surface area contributed by atoms with Gasteiger partial charge in [-0.2, -0.15) is 16.9 Å². The highest BCUT2D eigenvalue weighted by Crippen LogP contribution is 2.30. The minimum Gasteiger partial charge on any atom is -0.496 e. The van der Waals surface area contributed by atoms with E-state index in [9.17, 15) is 0 Å². The van der Waals surface area contributed by atoms with Crippen molar-refractivity contribution in [1.82, 2.24) is 14.8 Å². The maximum atomic E-state index is 5.49. The summed E-state index contributed by atoms with van der Waals surface area (Å²) in [7, 11) is 1.70. The van der Waals surface area contributed by atoms with Crippen LogP contribution in [0, 0.1) is 13.8 Å². The van der Waals surface area contributed by atoms with E-state index in [0.717, 1.165) is 28.3 Å². The zero-order valence-corrected chi connectivity index (χ0v) is 12.6. The van der Waals surface area contributed by atoms with Crippen molar-refractivity contribution in [3.8, 4) is 5.75 Å². The number of hydrogen-bond acceptors (Lipinski definition) is 4. The molecule has 19 heavy (non-hydrogen) atoms. The van der Waals surface area contributed by atoms with Gasteiger partial charge in [-0.25, -0.2) is 0 Å². The number of ether oxygens (including phenoxy) is 1. The standard InChI is InChI=1S/C14H19N3OS/c1-10-8-15-13(11(2)14(10)18-3)12(9-19-4)17-7-5-6-16-17/h5-8,12H,9H2,1-4H3. The van der Waals surface area contributed by atoms with Gasteiger partial charge in [0, 0.05) is 35.5 Å². The quantitative estimate of drug-likeness (QED) is 0.842. The summed E-state index contributed by atoms with van der Waals surface area (Å²) in [6.45, 7) is 4.07. The van der Waals surface area contributed by atoms with Gasteiger partial charge in [0.1, 0.15) is 11.8 Å². The van der Waals surface area contributed by atoms with Gasteiger partial charge in [0.15, 0.2) is 0 Å². The van der Waals surface area contributed by atoms with Gasteiger partial charge < -0.3 is 4.74 Å². The van der Waals surface area contributed by atoms with Gasteiger partial charge in [-0.3, -0.25) is 9.67 Å². The molecule has 2 aromatic heterocycles. The third kappa shape index (κ3) is 2.76. The number of rotatable bonds is 5. The van der Waals surface area contributed by atoms with Crippen LogP contribution in [0.1, 0.15) is 22.9 Å².